The quantitative estimate of drug-likeness (QED) is 0.406. The Morgan fingerprint density at radius 2 is 1.46 bits per heavy atom. The molecule has 62 valence electrons. The Morgan fingerprint density at radius 1 is 0.923 bits per heavy atom. The number of ether oxygens (including phenoxy) is 1. The summed E-state index contributed by atoms with van der Waals surface area (Å²) in [7, 11) is 0. The average Bonchev–Trinajstić information content (AvgIpc) is 2.58. The Labute approximate surface area is 70.6 Å². The molecule has 1 N–H and O–H groups in total. The van der Waals surface area contributed by atoms with Gasteiger partial charge >= 0.3 is 0 Å². The minimum atomic E-state index is -0.396. The molecule has 4 heterocycles. The van der Waals surface area contributed by atoms with E-state index in [2.05, 4.69) is 5.32 Å². The highest BCUT2D eigenvalue weighted by molar-refractivity contribution is 6.30. The number of carbonyl (C=O) groups is 2. The number of amides is 2. The van der Waals surface area contributed by atoms with E-state index in [-0.39, 0.29) is 0 Å². The third-order valence-corrected chi connectivity index (χ3v) is 2.37. The number of imide groups is 1. The largest absolute Gasteiger partial charge is 0.447 e. The van der Waals surface area contributed by atoms with Gasteiger partial charge in [0.25, 0.3) is 11.8 Å². The molecule has 0 atom stereocenters. The van der Waals surface area contributed by atoms with Crippen LogP contribution in [0.4, 0.5) is 0 Å². The number of benzene rings is 1. The topological polar surface area (TPSA) is 71.8 Å². The first-order valence-corrected chi connectivity index (χ1v) is 3.72. The van der Waals surface area contributed by atoms with E-state index in [9.17, 15) is 9.59 Å². The third-order valence-electron chi connectivity index (χ3n) is 2.37. The number of carbonyl (C=O) groups excluding carboxylic acids is 2. The molecule has 0 aromatic carbocycles. The fraction of sp³-hybridized carbons (Fsp3) is 0. The van der Waals surface area contributed by atoms with E-state index in [4.69, 9.17) is 9.15 Å². The van der Waals surface area contributed by atoms with Crippen LogP contribution in [0.25, 0.3) is 11.2 Å². The number of nitrogens with one attached hydrogen (secondary N) is 1. The maximum atomic E-state index is 11.2. The SMILES string of the molecule is O=C1NC(=O)c2c1c1oc2c2c1O2. The molecule has 13 heavy (non-hydrogen) atoms. The van der Waals surface area contributed by atoms with Crippen molar-refractivity contribution in [3.8, 4) is 11.5 Å². The molecule has 0 radical (unpaired) electrons. The van der Waals surface area contributed by atoms with Crippen LogP contribution >= 0.6 is 0 Å². The molecule has 2 amide bonds. The molecular formula is C8HNO4. The second-order valence-electron chi connectivity index (χ2n) is 3.05. The zero-order valence-corrected chi connectivity index (χ0v) is 6.13. The van der Waals surface area contributed by atoms with Crippen molar-refractivity contribution < 1.29 is 18.7 Å². The maximum absolute atomic E-state index is 11.2. The molecular weight excluding hydrogens is 174 g/mol. The van der Waals surface area contributed by atoms with Gasteiger partial charge in [0.2, 0.25) is 11.5 Å². The van der Waals surface area contributed by atoms with E-state index in [1.165, 1.54) is 0 Å². The first-order chi connectivity index (χ1) is 6.27. The number of fused-ring (bicyclic) bond motifs is 8. The minimum Gasteiger partial charge on any atom is -0.447 e. The smallest absolute Gasteiger partial charge is 0.263 e. The summed E-state index contributed by atoms with van der Waals surface area (Å²) in [6.07, 6.45) is 0. The number of hydrogen-bond donors (Lipinski definition) is 1. The summed E-state index contributed by atoms with van der Waals surface area (Å²) in [4.78, 5) is 22.5. The van der Waals surface area contributed by atoms with E-state index in [0.717, 1.165) is 0 Å². The lowest BCUT2D eigenvalue weighted by molar-refractivity contribution is 0.0879. The third kappa shape index (κ3) is 0.395. The standard InChI is InChI=1S/C8HNO4/c10-7-1-2(8(11)9-7)4-6-5(13-6)3(1)12-4/h(H,9,10,11). The molecule has 0 unspecified atom stereocenters. The Bertz CT molecular complexity index is 546. The fourth-order valence-electron chi connectivity index (χ4n) is 1.79. The van der Waals surface area contributed by atoms with Crippen LogP contribution in [-0.4, -0.2) is 11.8 Å². The van der Waals surface area contributed by atoms with Crippen LogP contribution in [0, 0.1) is 0 Å². The average molecular weight is 175 g/mol. The van der Waals surface area contributed by atoms with Crippen LogP contribution in [0.3, 0.4) is 0 Å². The molecule has 0 saturated heterocycles. The second kappa shape index (κ2) is 1.28. The van der Waals surface area contributed by atoms with E-state index < -0.39 is 11.8 Å². The van der Waals surface area contributed by atoms with Crippen LogP contribution in [0.2, 0.25) is 0 Å². The summed E-state index contributed by atoms with van der Waals surface area (Å²) in [5.74, 6) is 0.427. The van der Waals surface area contributed by atoms with Gasteiger partial charge < -0.3 is 9.15 Å². The van der Waals surface area contributed by atoms with Crippen LogP contribution < -0.4 is 10.1 Å². The Hall–Kier alpha value is -2.04. The van der Waals surface area contributed by atoms with Crippen molar-refractivity contribution >= 4 is 23.0 Å². The summed E-state index contributed by atoms with van der Waals surface area (Å²) in [6, 6.07) is 0. The first kappa shape index (κ1) is 5.58. The van der Waals surface area contributed by atoms with E-state index >= 15 is 0 Å². The Morgan fingerprint density at radius 3 is 2.00 bits per heavy atom. The zero-order chi connectivity index (χ0) is 8.74. The lowest BCUT2D eigenvalue weighted by Gasteiger charge is -1.87. The van der Waals surface area contributed by atoms with E-state index in [0.29, 0.717) is 33.8 Å². The van der Waals surface area contributed by atoms with Crippen molar-refractivity contribution in [3.63, 3.8) is 0 Å². The van der Waals surface area contributed by atoms with Crippen molar-refractivity contribution in [2.45, 2.75) is 0 Å². The first-order valence-electron chi connectivity index (χ1n) is 3.72. The van der Waals surface area contributed by atoms with Crippen LogP contribution in [0.15, 0.2) is 4.42 Å². The van der Waals surface area contributed by atoms with Crippen molar-refractivity contribution in [2.24, 2.45) is 0 Å². The molecule has 0 aliphatic carbocycles. The molecule has 0 saturated carbocycles. The maximum Gasteiger partial charge on any atom is 0.263 e. The highest BCUT2D eigenvalue weighted by Gasteiger charge is 2.46. The van der Waals surface area contributed by atoms with Gasteiger partial charge in [-0.15, -0.1) is 0 Å². The van der Waals surface area contributed by atoms with Gasteiger partial charge in [0.1, 0.15) is 11.1 Å². The normalized spacial score (nSPS) is 17.2. The molecule has 2 bridgehead atoms. The lowest BCUT2D eigenvalue weighted by atomic mass is 10.1. The van der Waals surface area contributed by atoms with Crippen LogP contribution in [-0.2, 0) is 0 Å². The van der Waals surface area contributed by atoms with Crippen molar-refractivity contribution in [1.29, 1.82) is 0 Å². The summed E-state index contributed by atoms with van der Waals surface area (Å²) >= 11 is 0. The molecule has 0 fully saturated rings. The molecule has 5 heteroatoms. The zero-order valence-electron chi connectivity index (χ0n) is 6.13. The summed E-state index contributed by atoms with van der Waals surface area (Å²) < 4.78 is 10.3. The monoisotopic (exact) mass is 175 g/mol. The molecule has 0 spiro atoms. The number of furan rings is 2. The molecule has 4 rings (SSSR count). The predicted molar refractivity (Wildman–Crippen MR) is 39.3 cm³/mol. The van der Waals surface area contributed by atoms with Gasteiger partial charge in [0.15, 0.2) is 11.2 Å². The van der Waals surface area contributed by atoms with Crippen molar-refractivity contribution in [2.75, 3.05) is 0 Å². The van der Waals surface area contributed by atoms with Gasteiger partial charge in [0, 0.05) is 0 Å². The summed E-state index contributed by atoms with van der Waals surface area (Å²) in [5, 5.41) is 2.20. The molecule has 2 aliphatic rings. The van der Waals surface area contributed by atoms with Gasteiger partial charge in [-0.25, -0.2) is 0 Å². The molecule has 5 nitrogen and oxygen atoms in total. The van der Waals surface area contributed by atoms with Gasteiger partial charge in [-0.3, -0.25) is 14.9 Å². The number of rotatable bonds is 0. The van der Waals surface area contributed by atoms with Gasteiger partial charge in [-0.1, -0.05) is 0 Å². The van der Waals surface area contributed by atoms with Gasteiger partial charge in [-0.2, -0.15) is 0 Å². The summed E-state index contributed by atoms with van der Waals surface area (Å²) in [5.41, 5.74) is 1.47. The van der Waals surface area contributed by atoms with E-state index in [1.807, 2.05) is 0 Å². The Balaban J connectivity index is 2.30. The Kier molecular flexibility index (Phi) is 0.551. The lowest BCUT2D eigenvalue weighted by Crippen LogP contribution is -2.20. The minimum absolute atomic E-state index is 0.330. The van der Waals surface area contributed by atoms with Gasteiger partial charge in [0.05, 0.1) is 0 Å². The van der Waals surface area contributed by atoms with Gasteiger partial charge in [-0.05, 0) is 0 Å². The summed E-state index contributed by atoms with van der Waals surface area (Å²) in [6.45, 7) is 0. The number of hydrogen-bond acceptors (Lipinski definition) is 4. The molecule has 2 aliphatic heterocycles. The highest BCUT2D eigenvalue weighted by atomic mass is 16.6. The van der Waals surface area contributed by atoms with Crippen LogP contribution in [0.5, 0.6) is 11.5 Å². The van der Waals surface area contributed by atoms with E-state index in [1.54, 1.807) is 0 Å². The van der Waals surface area contributed by atoms with Crippen molar-refractivity contribution in [3.05, 3.63) is 11.1 Å². The predicted octanol–water partition coefficient (Wildman–Crippen LogP) is 0.860. The molecule has 2 aromatic rings. The fourth-order valence-corrected chi connectivity index (χ4v) is 1.79. The van der Waals surface area contributed by atoms with Crippen LogP contribution in [0.1, 0.15) is 20.7 Å². The molecule has 2 aromatic heterocycles. The highest BCUT2D eigenvalue weighted by Crippen LogP contribution is 2.60. The second-order valence-corrected chi connectivity index (χ2v) is 3.05. The van der Waals surface area contributed by atoms with Crippen molar-refractivity contribution in [1.82, 2.24) is 5.32 Å².